The van der Waals surface area contributed by atoms with E-state index in [0.717, 1.165) is 43.9 Å². The molecule has 0 unspecified atom stereocenters. The molecule has 0 spiro atoms. The van der Waals surface area contributed by atoms with Crippen molar-refractivity contribution < 1.29 is 23.7 Å². The molecule has 10 heteroatoms. The number of nitrogens with zero attached hydrogens (tertiary/aromatic N) is 5. The SMILES string of the molecule is COc1nc(C2CC2)nc(OC(C)C)c1CN1C[C@@H]2CN(C(=O)C3COCOC3)CCN2[C@H](C(c2ccccc2)c2ccccc2)C1. The van der Waals surface area contributed by atoms with Gasteiger partial charge in [-0.05, 0) is 37.8 Å². The Hall–Kier alpha value is -3.57. The van der Waals surface area contributed by atoms with Crippen LogP contribution in [0.5, 0.6) is 11.8 Å². The number of fused-ring (bicyclic) bond motifs is 1. The van der Waals surface area contributed by atoms with Crippen LogP contribution in [0.3, 0.4) is 0 Å². The molecule has 3 aliphatic heterocycles. The molecule has 250 valence electrons. The van der Waals surface area contributed by atoms with Crippen LogP contribution in [0, 0.1) is 5.92 Å². The molecule has 0 radical (unpaired) electrons. The largest absolute Gasteiger partial charge is 0.481 e. The molecule has 4 aliphatic rings. The van der Waals surface area contributed by atoms with Crippen molar-refractivity contribution in [1.29, 1.82) is 0 Å². The summed E-state index contributed by atoms with van der Waals surface area (Å²) in [6.07, 6.45) is 2.17. The lowest BCUT2D eigenvalue weighted by Crippen LogP contribution is -2.67. The van der Waals surface area contributed by atoms with E-state index in [-0.39, 0.29) is 42.7 Å². The lowest BCUT2D eigenvalue weighted by molar-refractivity contribution is -0.164. The average Bonchev–Trinajstić information content (AvgIpc) is 3.96. The first kappa shape index (κ1) is 32.0. The van der Waals surface area contributed by atoms with Gasteiger partial charge in [0.1, 0.15) is 12.6 Å². The van der Waals surface area contributed by atoms with Gasteiger partial charge in [0, 0.05) is 63.2 Å². The van der Waals surface area contributed by atoms with Crippen molar-refractivity contribution in [3.8, 4) is 11.8 Å². The van der Waals surface area contributed by atoms with Crippen LogP contribution in [0.4, 0.5) is 0 Å². The van der Waals surface area contributed by atoms with Crippen LogP contribution in [0.25, 0.3) is 0 Å². The standard InChI is InChI=1S/C37H47N5O5/c1-25(2)47-36-31(35(44-3)38-34(39-36)28-14-15-28)20-40-18-30-19-41(37(43)29-22-45-24-46-23-29)16-17-42(30)32(21-40)33(26-10-6-4-7-11-26)27-12-8-5-9-13-27/h4-13,25,28-30,32-33H,14-24H2,1-3H3/t30-,32+/m1/s1. The van der Waals surface area contributed by atoms with Gasteiger partial charge < -0.3 is 23.8 Å². The van der Waals surface area contributed by atoms with Crippen LogP contribution in [-0.4, -0.2) is 109 Å². The Balaban J connectivity index is 1.24. The molecule has 2 atom stereocenters. The van der Waals surface area contributed by atoms with E-state index in [9.17, 15) is 4.79 Å². The number of amides is 1. The van der Waals surface area contributed by atoms with Crippen molar-refractivity contribution in [3.05, 3.63) is 83.2 Å². The number of methoxy groups -OCH3 is 1. The van der Waals surface area contributed by atoms with E-state index < -0.39 is 0 Å². The number of hydrogen-bond donors (Lipinski definition) is 0. The van der Waals surface area contributed by atoms with Crippen molar-refractivity contribution in [1.82, 2.24) is 24.7 Å². The van der Waals surface area contributed by atoms with E-state index >= 15 is 0 Å². The maximum absolute atomic E-state index is 13.7. The summed E-state index contributed by atoms with van der Waals surface area (Å²) >= 11 is 0. The number of rotatable bonds is 10. The minimum atomic E-state index is -0.255. The lowest BCUT2D eigenvalue weighted by atomic mass is 9.81. The topological polar surface area (TPSA) is 89.5 Å². The van der Waals surface area contributed by atoms with Gasteiger partial charge in [-0.1, -0.05) is 60.7 Å². The third kappa shape index (κ3) is 7.16. The van der Waals surface area contributed by atoms with Gasteiger partial charge in [-0.3, -0.25) is 14.6 Å². The van der Waals surface area contributed by atoms with E-state index in [1.807, 2.05) is 18.7 Å². The predicted molar refractivity (Wildman–Crippen MR) is 177 cm³/mol. The Bertz CT molecular complexity index is 1460. The molecule has 10 nitrogen and oxygen atoms in total. The molecule has 1 saturated carbocycles. The molecule has 47 heavy (non-hydrogen) atoms. The minimum absolute atomic E-state index is 0.0313. The Morgan fingerprint density at radius 3 is 2.17 bits per heavy atom. The minimum Gasteiger partial charge on any atom is -0.481 e. The zero-order valence-electron chi connectivity index (χ0n) is 27.8. The summed E-state index contributed by atoms with van der Waals surface area (Å²) in [5.41, 5.74) is 3.46. The fourth-order valence-corrected chi connectivity index (χ4v) is 7.51. The van der Waals surface area contributed by atoms with E-state index in [4.69, 9.17) is 28.9 Å². The van der Waals surface area contributed by atoms with Crippen molar-refractivity contribution in [2.24, 2.45) is 5.92 Å². The smallest absolute Gasteiger partial charge is 0.230 e. The van der Waals surface area contributed by atoms with Crippen molar-refractivity contribution >= 4 is 5.91 Å². The van der Waals surface area contributed by atoms with Crippen LogP contribution in [0.15, 0.2) is 60.7 Å². The number of piperazine rings is 2. The van der Waals surface area contributed by atoms with Crippen molar-refractivity contribution in [2.75, 3.05) is 59.8 Å². The molecule has 2 aromatic carbocycles. The van der Waals surface area contributed by atoms with Crippen molar-refractivity contribution in [3.63, 3.8) is 0 Å². The highest BCUT2D eigenvalue weighted by Gasteiger charge is 2.44. The van der Waals surface area contributed by atoms with Gasteiger partial charge in [0.25, 0.3) is 0 Å². The molecule has 0 N–H and O–H groups in total. The molecule has 3 aromatic rings. The summed E-state index contributed by atoms with van der Waals surface area (Å²) in [5, 5.41) is 0. The fourth-order valence-electron chi connectivity index (χ4n) is 7.51. The van der Waals surface area contributed by atoms with E-state index in [2.05, 4.69) is 70.5 Å². The monoisotopic (exact) mass is 641 g/mol. The third-order valence-electron chi connectivity index (χ3n) is 9.85. The third-order valence-corrected chi connectivity index (χ3v) is 9.85. The summed E-state index contributed by atoms with van der Waals surface area (Å²) in [6.45, 7) is 9.52. The second-order valence-electron chi connectivity index (χ2n) is 13.6. The quantitative estimate of drug-likeness (QED) is 0.322. The number of hydrogen-bond acceptors (Lipinski definition) is 9. The maximum atomic E-state index is 13.7. The molecule has 7 rings (SSSR count). The molecule has 0 bridgehead atoms. The van der Waals surface area contributed by atoms with Gasteiger partial charge in [0.15, 0.2) is 0 Å². The maximum Gasteiger partial charge on any atom is 0.230 e. The molecule has 1 aromatic heterocycles. The second kappa shape index (κ2) is 14.3. The number of ether oxygens (including phenoxy) is 4. The van der Waals surface area contributed by atoms with E-state index in [0.29, 0.717) is 50.5 Å². The number of aromatic nitrogens is 2. The zero-order chi connectivity index (χ0) is 32.3. The summed E-state index contributed by atoms with van der Waals surface area (Å²) in [5.74, 6) is 2.42. The molecule has 3 saturated heterocycles. The number of carbonyl (C=O) groups is 1. The highest BCUT2D eigenvalue weighted by molar-refractivity contribution is 5.79. The van der Waals surface area contributed by atoms with Crippen LogP contribution in [0.1, 0.15) is 61.0 Å². The number of benzene rings is 2. The molecule has 4 fully saturated rings. The highest BCUT2D eigenvalue weighted by atomic mass is 16.7. The summed E-state index contributed by atoms with van der Waals surface area (Å²) < 4.78 is 23.2. The average molecular weight is 642 g/mol. The number of carbonyl (C=O) groups excluding carboxylic acids is 1. The van der Waals surface area contributed by atoms with Crippen LogP contribution in [0.2, 0.25) is 0 Å². The van der Waals surface area contributed by atoms with Gasteiger partial charge >= 0.3 is 0 Å². The Morgan fingerprint density at radius 1 is 0.894 bits per heavy atom. The van der Waals surface area contributed by atoms with Gasteiger partial charge in [0.05, 0.1) is 37.9 Å². The first-order chi connectivity index (χ1) is 23.0. The second-order valence-corrected chi connectivity index (χ2v) is 13.6. The Morgan fingerprint density at radius 2 is 1.55 bits per heavy atom. The van der Waals surface area contributed by atoms with E-state index in [1.165, 1.54) is 11.1 Å². The predicted octanol–water partition coefficient (Wildman–Crippen LogP) is 4.30. The molecular weight excluding hydrogens is 594 g/mol. The van der Waals surface area contributed by atoms with Crippen LogP contribution in [-0.2, 0) is 20.8 Å². The summed E-state index contributed by atoms with van der Waals surface area (Å²) in [4.78, 5) is 30.7. The first-order valence-corrected chi connectivity index (χ1v) is 17.1. The molecular formula is C37H47N5O5. The Kier molecular flexibility index (Phi) is 9.72. The van der Waals surface area contributed by atoms with Gasteiger partial charge in [-0.15, -0.1) is 0 Å². The Labute approximate surface area is 278 Å². The fraction of sp³-hybridized carbons (Fsp3) is 0.541. The molecule has 4 heterocycles. The lowest BCUT2D eigenvalue weighted by Gasteiger charge is -2.54. The van der Waals surface area contributed by atoms with Gasteiger partial charge in [-0.25, -0.2) is 0 Å². The van der Waals surface area contributed by atoms with Crippen LogP contribution >= 0.6 is 0 Å². The molecule has 1 amide bonds. The molecule has 1 aliphatic carbocycles. The van der Waals surface area contributed by atoms with Gasteiger partial charge in [-0.2, -0.15) is 9.97 Å². The first-order valence-electron chi connectivity index (χ1n) is 17.1. The van der Waals surface area contributed by atoms with Crippen molar-refractivity contribution in [2.45, 2.75) is 63.3 Å². The summed E-state index contributed by atoms with van der Waals surface area (Å²) in [7, 11) is 1.69. The van der Waals surface area contributed by atoms with Gasteiger partial charge in [0.2, 0.25) is 17.7 Å². The normalized spacial score (nSPS) is 22.8. The van der Waals surface area contributed by atoms with E-state index in [1.54, 1.807) is 7.11 Å². The highest BCUT2D eigenvalue weighted by Crippen LogP contribution is 2.42. The van der Waals surface area contributed by atoms with Crippen LogP contribution < -0.4 is 9.47 Å². The zero-order valence-corrected chi connectivity index (χ0v) is 27.8. The summed E-state index contributed by atoms with van der Waals surface area (Å²) in [6, 6.07) is 22.0.